The predicted molar refractivity (Wildman–Crippen MR) is 50.3 cm³/mol. The van der Waals surface area contributed by atoms with E-state index in [0.29, 0.717) is 0 Å². The first kappa shape index (κ1) is 13.2. The lowest BCUT2D eigenvalue weighted by Crippen LogP contribution is -2.15. The van der Waals surface area contributed by atoms with Crippen LogP contribution in [-0.4, -0.2) is 28.6 Å². The summed E-state index contributed by atoms with van der Waals surface area (Å²) in [5.41, 5.74) is 0. The molecule has 0 amide bonds. The molecule has 9 heteroatoms. The minimum atomic E-state index is -4.43. The Morgan fingerprint density at radius 2 is 2.27 bits per heavy atom. The van der Waals surface area contributed by atoms with E-state index in [1.165, 1.54) is 0 Å². The number of ether oxygens (including phenoxy) is 1. The molecule has 88 valence electrons. The third kappa shape index (κ3) is 5.13. The van der Waals surface area contributed by atoms with Gasteiger partial charge in [0.25, 0.3) is 0 Å². The first-order chi connectivity index (χ1) is 6.89. The van der Waals surface area contributed by atoms with E-state index >= 15 is 0 Å². The van der Waals surface area contributed by atoms with Crippen molar-refractivity contribution >= 4 is 16.1 Å². The Balaban J connectivity index is 2.29. The van der Waals surface area contributed by atoms with Crippen molar-refractivity contribution in [1.29, 1.82) is 0 Å². The fourth-order valence-corrected chi connectivity index (χ4v) is 2.55. The van der Waals surface area contributed by atoms with Gasteiger partial charge in [-0.05, 0) is 24.1 Å². The lowest BCUT2D eigenvalue weighted by atomic mass is 10.2. The van der Waals surface area contributed by atoms with Gasteiger partial charge in [-0.1, -0.05) is 0 Å². The van der Waals surface area contributed by atoms with Gasteiger partial charge < -0.3 is 4.74 Å². The molecule has 7 nitrogen and oxygen atoms in total. The Morgan fingerprint density at radius 3 is 2.73 bits per heavy atom. The zero-order chi connectivity index (χ0) is 11.5. The SMILES string of the molecule is C[C@H]1CC[C@@H](COP(=O)(O)O[P+](=O)O)O1. The molecule has 1 saturated heterocycles. The minimum Gasteiger partial charge on any atom is -0.373 e. The Hall–Kier alpha value is 0.130. The average Bonchev–Trinajstić information content (AvgIpc) is 2.46. The molecule has 1 fully saturated rings. The van der Waals surface area contributed by atoms with Crippen molar-refractivity contribution in [3.05, 3.63) is 0 Å². The molecule has 0 aromatic rings. The van der Waals surface area contributed by atoms with Crippen LogP contribution in [0.4, 0.5) is 0 Å². The van der Waals surface area contributed by atoms with Crippen molar-refractivity contribution in [2.75, 3.05) is 6.61 Å². The molecule has 15 heavy (non-hydrogen) atoms. The van der Waals surface area contributed by atoms with Gasteiger partial charge in [-0.3, -0.25) is 9.42 Å². The summed E-state index contributed by atoms with van der Waals surface area (Å²) in [5, 5.41) is 0. The van der Waals surface area contributed by atoms with Crippen LogP contribution in [0.2, 0.25) is 0 Å². The van der Waals surface area contributed by atoms with E-state index in [4.69, 9.17) is 14.5 Å². The third-order valence-electron chi connectivity index (χ3n) is 1.92. The molecule has 0 bridgehead atoms. The van der Waals surface area contributed by atoms with Gasteiger partial charge in [-0.2, -0.15) is 0 Å². The highest BCUT2D eigenvalue weighted by molar-refractivity contribution is 7.55. The Kier molecular flexibility index (Phi) is 4.80. The van der Waals surface area contributed by atoms with Crippen molar-refractivity contribution in [2.24, 2.45) is 0 Å². The van der Waals surface area contributed by atoms with Crippen LogP contribution >= 0.6 is 16.1 Å². The fraction of sp³-hybridized carbons (Fsp3) is 1.00. The maximum atomic E-state index is 11.0. The number of hydrogen-bond acceptors (Lipinski definition) is 5. The van der Waals surface area contributed by atoms with Gasteiger partial charge in [-0.15, -0.1) is 4.89 Å². The second kappa shape index (κ2) is 5.46. The predicted octanol–water partition coefficient (Wildman–Crippen LogP) is 1.34. The standard InChI is InChI=1S/C6H12O7P2/c1-5-2-3-6(12-5)4-11-15(9,10)13-14(7)8/h5-6H,2-4H2,1H3,(H-,7,8,9,10)/p+1/t5-,6-/m0/s1. The van der Waals surface area contributed by atoms with Crippen molar-refractivity contribution < 1.29 is 32.5 Å². The van der Waals surface area contributed by atoms with Crippen LogP contribution in [0, 0.1) is 0 Å². The van der Waals surface area contributed by atoms with Crippen molar-refractivity contribution in [3.63, 3.8) is 0 Å². The fourth-order valence-electron chi connectivity index (χ4n) is 1.30. The first-order valence-corrected chi connectivity index (χ1v) is 7.00. The van der Waals surface area contributed by atoms with Gasteiger partial charge in [0.05, 0.1) is 18.8 Å². The minimum absolute atomic E-state index is 0.104. The second-order valence-corrected chi connectivity index (χ2v) is 5.55. The maximum Gasteiger partial charge on any atom is 0.705 e. The Labute approximate surface area is 87.9 Å². The number of phosphoric ester groups is 1. The highest BCUT2D eigenvalue weighted by Gasteiger charge is 2.36. The molecule has 0 aromatic carbocycles. The summed E-state index contributed by atoms with van der Waals surface area (Å²) in [7, 11) is -7.58. The molecular weight excluding hydrogens is 246 g/mol. The van der Waals surface area contributed by atoms with E-state index < -0.39 is 16.1 Å². The number of hydrogen-bond donors (Lipinski definition) is 2. The average molecular weight is 259 g/mol. The molecule has 0 saturated carbocycles. The molecule has 1 aliphatic rings. The quantitative estimate of drug-likeness (QED) is 0.718. The molecule has 2 unspecified atom stereocenters. The Bertz CT molecular complexity index is 281. The van der Waals surface area contributed by atoms with Crippen LogP contribution in [0.15, 0.2) is 0 Å². The maximum absolute atomic E-state index is 11.0. The summed E-state index contributed by atoms with van der Waals surface area (Å²) in [6.45, 7) is 1.76. The van der Waals surface area contributed by atoms with Gasteiger partial charge in [0.15, 0.2) is 0 Å². The summed E-state index contributed by atoms with van der Waals surface area (Å²) in [4.78, 5) is 17.2. The first-order valence-electron chi connectivity index (χ1n) is 4.38. The van der Waals surface area contributed by atoms with Gasteiger partial charge in [-0.25, -0.2) is 4.57 Å². The van der Waals surface area contributed by atoms with Crippen LogP contribution in [0.5, 0.6) is 0 Å². The summed E-state index contributed by atoms with van der Waals surface area (Å²) < 4.78 is 34.7. The lowest BCUT2D eigenvalue weighted by Gasteiger charge is -2.11. The molecule has 4 atom stereocenters. The molecule has 1 rings (SSSR count). The largest absolute Gasteiger partial charge is 0.705 e. The van der Waals surface area contributed by atoms with Crippen LogP contribution in [-0.2, 0) is 22.7 Å². The Morgan fingerprint density at radius 1 is 1.60 bits per heavy atom. The third-order valence-corrected chi connectivity index (χ3v) is 3.78. The molecule has 1 aliphatic heterocycles. The van der Waals surface area contributed by atoms with E-state index in [9.17, 15) is 9.13 Å². The number of phosphoric acid groups is 1. The highest BCUT2D eigenvalue weighted by atomic mass is 31.2. The molecule has 2 N–H and O–H groups in total. The lowest BCUT2D eigenvalue weighted by molar-refractivity contribution is 0.0192. The van der Waals surface area contributed by atoms with Crippen LogP contribution in [0.25, 0.3) is 0 Å². The number of rotatable bonds is 5. The molecule has 0 aliphatic carbocycles. The summed E-state index contributed by atoms with van der Waals surface area (Å²) in [6.07, 6.45) is 1.43. The van der Waals surface area contributed by atoms with E-state index in [1.807, 2.05) is 6.92 Å². The van der Waals surface area contributed by atoms with Crippen molar-refractivity contribution in [3.8, 4) is 0 Å². The van der Waals surface area contributed by atoms with Gasteiger partial charge in [0, 0.05) is 4.57 Å². The summed E-state index contributed by atoms with van der Waals surface area (Å²) in [5.74, 6) is 0. The zero-order valence-electron chi connectivity index (χ0n) is 8.11. The molecule has 0 aromatic heterocycles. The molecule has 1 heterocycles. The van der Waals surface area contributed by atoms with Crippen LogP contribution < -0.4 is 0 Å². The summed E-state index contributed by atoms with van der Waals surface area (Å²) in [6, 6.07) is 0. The second-order valence-electron chi connectivity index (χ2n) is 3.23. The van der Waals surface area contributed by atoms with E-state index in [-0.39, 0.29) is 18.8 Å². The van der Waals surface area contributed by atoms with E-state index in [1.54, 1.807) is 0 Å². The van der Waals surface area contributed by atoms with Crippen molar-refractivity contribution in [1.82, 2.24) is 0 Å². The van der Waals surface area contributed by atoms with Gasteiger partial charge >= 0.3 is 16.1 Å². The normalized spacial score (nSPS) is 31.3. The summed E-state index contributed by atoms with van der Waals surface area (Å²) >= 11 is 0. The molecular formula is C6H13O7P2+. The van der Waals surface area contributed by atoms with Gasteiger partial charge in [0.1, 0.15) is 0 Å². The van der Waals surface area contributed by atoms with Crippen LogP contribution in [0.1, 0.15) is 19.8 Å². The van der Waals surface area contributed by atoms with Crippen molar-refractivity contribution in [2.45, 2.75) is 32.0 Å². The van der Waals surface area contributed by atoms with E-state index in [0.717, 1.165) is 12.8 Å². The zero-order valence-corrected chi connectivity index (χ0v) is 9.89. The monoisotopic (exact) mass is 259 g/mol. The van der Waals surface area contributed by atoms with Crippen LogP contribution in [0.3, 0.4) is 0 Å². The molecule has 0 spiro atoms. The molecule has 0 radical (unpaired) electrons. The highest BCUT2D eigenvalue weighted by Crippen LogP contribution is 2.50. The van der Waals surface area contributed by atoms with Gasteiger partial charge in [0.2, 0.25) is 0 Å². The topological polar surface area (TPSA) is 102 Å². The smallest absolute Gasteiger partial charge is 0.373 e. The van der Waals surface area contributed by atoms with E-state index in [2.05, 4.69) is 8.83 Å².